The molecule has 33 heavy (non-hydrogen) atoms. The van der Waals surface area contributed by atoms with Crippen molar-refractivity contribution in [3.8, 4) is 11.1 Å². The number of aromatic nitrogens is 1. The van der Waals surface area contributed by atoms with Crippen LogP contribution in [0.15, 0.2) is 54.7 Å². The van der Waals surface area contributed by atoms with Crippen molar-refractivity contribution in [3.63, 3.8) is 0 Å². The number of carbonyl (C=O) groups excluding carboxylic acids is 1. The van der Waals surface area contributed by atoms with Crippen LogP contribution in [0.3, 0.4) is 0 Å². The smallest absolute Gasteiger partial charge is 0.309 e. The zero-order valence-corrected chi connectivity index (χ0v) is 20.8. The number of benzene rings is 2. The fourth-order valence-electron chi connectivity index (χ4n) is 5.53. The highest BCUT2D eigenvalue weighted by atomic mass is 35.5. The van der Waals surface area contributed by atoms with E-state index in [9.17, 15) is 4.79 Å². The lowest BCUT2D eigenvalue weighted by molar-refractivity contribution is -0.143. The van der Waals surface area contributed by atoms with Gasteiger partial charge in [0.05, 0.1) is 5.92 Å². The van der Waals surface area contributed by atoms with Crippen LogP contribution in [-0.2, 0) is 9.53 Å². The van der Waals surface area contributed by atoms with Gasteiger partial charge in [-0.1, -0.05) is 58.5 Å². The van der Waals surface area contributed by atoms with Gasteiger partial charge in [0.2, 0.25) is 0 Å². The maximum absolute atomic E-state index is 12.5. The lowest BCUT2D eigenvalue weighted by atomic mass is 9.63. The van der Waals surface area contributed by atoms with E-state index in [1.54, 1.807) is 18.2 Å². The van der Waals surface area contributed by atoms with E-state index >= 15 is 0 Å². The van der Waals surface area contributed by atoms with Crippen LogP contribution in [-0.4, -0.2) is 17.1 Å². The van der Waals surface area contributed by atoms with Crippen molar-refractivity contribution in [2.75, 3.05) is 0 Å². The molecule has 1 aromatic heterocycles. The molecule has 0 unspecified atom stereocenters. The molecular weight excluding hydrogens is 500 g/mol. The molecule has 0 N–H and O–H groups in total. The zero-order chi connectivity index (χ0) is 23.3. The monoisotopic (exact) mass is 519 g/mol. The SMILES string of the molecule is C[C@H]1OC(=O)[C@@H]2CC[C@@H](c3ccc(Cl)cc3Cl)[C@H](c3ccc(-c4cc(Cl)ccc4Cl)cn3)[C@H]12. The van der Waals surface area contributed by atoms with E-state index in [1.165, 1.54) is 0 Å². The number of rotatable bonds is 3. The van der Waals surface area contributed by atoms with Gasteiger partial charge in [0, 0.05) is 54.9 Å². The third-order valence-electron chi connectivity index (χ3n) is 6.98. The number of pyridine rings is 1. The van der Waals surface area contributed by atoms with E-state index in [0.29, 0.717) is 20.1 Å². The lowest BCUT2D eigenvalue weighted by Crippen LogP contribution is -2.35. The van der Waals surface area contributed by atoms with Gasteiger partial charge in [0.25, 0.3) is 0 Å². The Morgan fingerprint density at radius 3 is 2.33 bits per heavy atom. The fraction of sp³-hybridized carbons (Fsp3) is 0.308. The second kappa shape index (κ2) is 9.11. The van der Waals surface area contributed by atoms with Gasteiger partial charge in [-0.25, -0.2) is 0 Å². The van der Waals surface area contributed by atoms with E-state index in [2.05, 4.69) is 0 Å². The van der Waals surface area contributed by atoms with Gasteiger partial charge >= 0.3 is 5.97 Å². The molecule has 2 fully saturated rings. The first-order chi connectivity index (χ1) is 15.8. The largest absolute Gasteiger partial charge is 0.462 e. The highest BCUT2D eigenvalue weighted by Crippen LogP contribution is 2.55. The van der Waals surface area contributed by atoms with E-state index < -0.39 is 0 Å². The lowest BCUT2D eigenvalue weighted by Gasteiger charge is -2.39. The van der Waals surface area contributed by atoms with Gasteiger partial charge in [0.15, 0.2) is 0 Å². The van der Waals surface area contributed by atoms with Crippen LogP contribution in [0, 0.1) is 11.8 Å². The summed E-state index contributed by atoms with van der Waals surface area (Å²) in [5.41, 5.74) is 3.65. The minimum atomic E-state index is -0.190. The van der Waals surface area contributed by atoms with Gasteiger partial charge in [-0.05, 0) is 67.6 Å². The second-order valence-corrected chi connectivity index (χ2v) is 10.5. The molecule has 3 aromatic rings. The van der Waals surface area contributed by atoms with Crippen LogP contribution in [0.4, 0.5) is 0 Å². The third-order valence-corrected chi connectivity index (χ3v) is 8.10. The van der Waals surface area contributed by atoms with Crippen LogP contribution in [0.5, 0.6) is 0 Å². The molecule has 1 aliphatic heterocycles. The summed E-state index contributed by atoms with van der Waals surface area (Å²) in [4.78, 5) is 17.4. The molecule has 3 nitrogen and oxygen atoms in total. The van der Waals surface area contributed by atoms with Crippen LogP contribution in [0.1, 0.15) is 42.9 Å². The number of hydrogen-bond acceptors (Lipinski definition) is 3. The van der Waals surface area contributed by atoms with Gasteiger partial charge < -0.3 is 4.74 Å². The topological polar surface area (TPSA) is 39.2 Å². The van der Waals surface area contributed by atoms with Crippen molar-refractivity contribution in [2.45, 2.75) is 37.7 Å². The molecule has 1 saturated heterocycles. The third kappa shape index (κ3) is 4.25. The summed E-state index contributed by atoms with van der Waals surface area (Å²) in [7, 11) is 0. The number of esters is 1. The number of ether oxygens (including phenoxy) is 1. The quantitative estimate of drug-likeness (QED) is 0.326. The minimum absolute atomic E-state index is 0.0206. The predicted molar refractivity (Wildman–Crippen MR) is 133 cm³/mol. The van der Waals surface area contributed by atoms with Crippen LogP contribution in [0.25, 0.3) is 11.1 Å². The van der Waals surface area contributed by atoms with E-state index in [1.807, 2.05) is 43.5 Å². The molecule has 0 spiro atoms. The Morgan fingerprint density at radius 1 is 0.879 bits per heavy atom. The Morgan fingerprint density at radius 2 is 1.61 bits per heavy atom. The summed E-state index contributed by atoms with van der Waals surface area (Å²) in [6.07, 6.45) is 3.22. The number of halogens is 4. The van der Waals surface area contributed by atoms with Crippen molar-refractivity contribution in [1.82, 2.24) is 4.98 Å². The number of nitrogens with zero attached hydrogens (tertiary/aromatic N) is 1. The first-order valence-corrected chi connectivity index (χ1v) is 12.4. The Balaban J connectivity index is 1.58. The number of cyclic esters (lactones) is 1. The number of fused-ring (bicyclic) bond motifs is 1. The van der Waals surface area contributed by atoms with Gasteiger partial charge in [-0.2, -0.15) is 0 Å². The van der Waals surface area contributed by atoms with Crippen molar-refractivity contribution in [2.24, 2.45) is 11.8 Å². The van der Waals surface area contributed by atoms with Crippen LogP contribution >= 0.6 is 46.4 Å². The normalized spacial score (nSPS) is 26.7. The Hall–Kier alpha value is -1.78. The molecule has 0 radical (unpaired) electrons. The van der Waals surface area contributed by atoms with Crippen molar-refractivity contribution in [3.05, 3.63) is 86.1 Å². The average Bonchev–Trinajstić information content (AvgIpc) is 3.09. The molecule has 5 rings (SSSR count). The van der Waals surface area contributed by atoms with Gasteiger partial charge in [-0.15, -0.1) is 0 Å². The molecule has 5 atom stereocenters. The number of hydrogen-bond donors (Lipinski definition) is 0. The maximum Gasteiger partial charge on any atom is 0.309 e. The molecule has 2 aromatic carbocycles. The van der Waals surface area contributed by atoms with Gasteiger partial charge in [0.1, 0.15) is 6.10 Å². The standard InChI is InChI=1S/C26H21Cl4NO2/c1-13-24-19(26(32)33-13)7-6-18(17-5-3-16(28)11-22(17)30)25(24)23-9-2-14(12-31-23)20-10-15(27)4-8-21(20)29/h2-5,8-13,18-19,24-25H,6-7H2,1H3/t13-,18+,19-,24-,25-/m1/s1. The minimum Gasteiger partial charge on any atom is -0.462 e. The van der Waals surface area contributed by atoms with E-state index in [4.69, 9.17) is 56.1 Å². The molecule has 7 heteroatoms. The summed E-state index contributed by atoms with van der Waals surface area (Å²) in [5.74, 6) is -0.137. The van der Waals surface area contributed by atoms with Crippen LogP contribution in [0.2, 0.25) is 20.1 Å². The Bertz CT molecular complexity index is 1210. The van der Waals surface area contributed by atoms with Crippen molar-refractivity contribution >= 4 is 52.4 Å². The first kappa shape index (κ1) is 23.0. The molecule has 2 heterocycles. The zero-order valence-electron chi connectivity index (χ0n) is 17.8. The van der Waals surface area contributed by atoms with Gasteiger partial charge in [-0.3, -0.25) is 9.78 Å². The number of carbonyl (C=O) groups is 1. The fourth-order valence-corrected chi connectivity index (χ4v) is 6.48. The van der Waals surface area contributed by atoms with Crippen molar-refractivity contribution < 1.29 is 9.53 Å². The first-order valence-electron chi connectivity index (χ1n) is 10.9. The molecule has 1 saturated carbocycles. The highest BCUT2D eigenvalue weighted by molar-refractivity contribution is 6.35. The average molecular weight is 521 g/mol. The molecule has 2 aliphatic rings. The highest BCUT2D eigenvalue weighted by Gasteiger charge is 2.52. The Labute approximate surface area is 213 Å². The summed E-state index contributed by atoms with van der Waals surface area (Å²) in [6, 6.07) is 15.0. The summed E-state index contributed by atoms with van der Waals surface area (Å²) < 4.78 is 5.66. The summed E-state index contributed by atoms with van der Waals surface area (Å²) >= 11 is 25.4. The van der Waals surface area contributed by atoms with Crippen molar-refractivity contribution in [1.29, 1.82) is 0 Å². The molecular formula is C26H21Cl4NO2. The summed E-state index contributed by atoms with van der Waals surface area (Å²) in [5, 5.41) is 2.46. The molecule has 170 valence electrons. The molecule has 1 aliphatic carbocycles. The molecule has 0 bridgehead atoms. The summed E-state index contributed by atoms with van der Waals surface area (Å²) in [6.45, 7) is 1.97. The molecule has 0 amide bonds. The van der Waals surface area contributed by atoms with E-state index in [0.717, 1.165) is 35.2 Å². The maximum atomic E-state index is 12.5. The second-order valence-electron chi connectivity index (χ2n) is 8.80. The Kier molecular flexibility index (Phi) is 6.35. The van der Waals surface area contributed by atoms with Crippen LogP contribution < -0.4 is 0 Å². The predicted octanol–water partition coefficient (Wildman–Crippen LogP) is 8.20. The van der Waals surface area contributed by atoms with E-state index in [-0.39, 0.29) is 35.7 Å².